The molecular formula is C32H30F4N6O3. The van der Waals surface area contributed by atoms with Gasteiger partial charge in [0.15, 0.2) is 0 Å². The summed E-state index contributed by atoms with van der Waals surface area (Å²) >= 11 is 0. The fourth-order valence-corrected chi connectivity index (χ4v) is 4.91. The molecule has 234 valence electrons. The predicted molar refractivity (Wildman–Crippen MR) is 162 cm³/mol. The quantitative estimate of drug-likeness (QED) is 0.198. The Labute approximate surface area is 256 Å². The number of aromatic nitrogens is 1. The molecule has 13 heteroatoms. The second-order valence-electron chi connectivity index (χ2n) is 10.2. The molecule has 1 aromatic heterocycles. The molecule has 0 aliphatic carbocycles. The number of hydrogen-bond donors (Lipinski definition) is 3. The van der Waals surface area contributed by atoms with Crippen LogP contribution >= 0.6 is 0 Å². The minimum Gasteiger partial charge on any atom is -0.457 e. The Morgan fingerprint density at radius 1 is 0.889 bits per heavy atom. The number of rotatable bonds is 8. The lowest BCUT2D eigenvalue weighted by atomic mass is 10.0. The maximum Gasteiger partial charge on any atom is 0.416 e. The zero-order valence-electron chi connectivity index (χ0n) is 24.2. The van der Waals surface area contributed by atoms with E-state index >= 15 is 0 Å². The van der Waals surface area contributed by atoms with Crippen molar-refractivity contribution in [2.75, 3.05) is 48.8 Å². The molecule has 3 aromatic carbocycles. The summed E-state index contributed by atoms with van der Waals surface area (Å²) in [5, 5.41) is 7.09. The summed E-state index contributed by atoms with van der Waals surface area (Å²) < 4.78 is 62.5. The number of nitrogens with zero attached hydrogens (tertiary/aromatic N) is 3. The third-order valence-electron chi connectivity index (χ3n) is 7.18. The molecule has 2 heterocycles. The van der Waals surface area contributed by atoms with Crippen molar-refractivity contribution in [3.05, 3.63) is 108 Å². The van der Waals surface area contributed by atoms with Crippen LogP contribution in [-0.4, -0.2) is 55.0 Å². The monoisotopic (exact) mass is 622 g/mol. The van der Waals surface area contributed by atoms with E-state index in [1.165, 1.54) is 49.6 Å². The highest BCUT2D eigenvalue weighted by Gasteiger charge is 2.34. The number of ether oxygens (including phenoxy) is 1. The second-order valence-corrected chi connectivity index (χ2v) is 10.2. The minimum atomic E-state index is -4.65. The molecule has 1 aliphatic rings. The molecule has 5 rings (SSSR count). The average molecular weight is 623 g/mol. The van der Waals surface area contributed by atoms with Crippen LogP contribution in [0.25, 0.3) is 0 Å². The van der Waals surface area contributed by atoms with Gasteiger partial charge >= 0.3 is 12.2 Å². The summed E-state index contributed by atoms with van der Waals surface area (Å²) in [4.78, 5) is 32.5. The summed E-state index contributed by atoms with van der Waals surface area (Å²) in [6.45, 7) is 2.69. The lowest BCUT2D eigenvalue weighted by Crippen LogP contribution is -2.46. The van der Waals surface area contributed by atoms with E-state index in [4.69, 9.17) is 4.74 Å². The number of benzene rings is 3. The fourth-order valence-electron chi connectivity index (χ4n) is 4.91. The molecule has 0 spiro atoms. The Morgan fingerprint density at radius 3 is 2.31 bits per heavy atom. The van der Waals surface area contributed by atoms with Crippen LogP contribution in [0.4, 0.5) is 39.4 Å². The van der Waals surface area contributed by atoms with Gasteiger partial charge in [-0.05, 0) is 48.0 Å². The van der Waals surface area contributed by atoms with E-state index in [1.54, 1.807) is 0 Å². The van der Waals surface area contributed by atoms with E-state index in [2.05, 4.69) is 25.8 Å². The number of carbonyl (C=O) groups excluding carboxylic acids is 2. The van der Waals surface area contributed by atoms with E-state index in [0.717, 1.165) is 17.8 Å². The first kappa shape index (κ1) is 31.3. The number of para-hydroxylation sites is 1. The maximum absolute atomic E-state index is 14.8. The van der Waals surface area contributed by atoms with Crippen molar-refractivity contribution in [3.8, 4) is 11.5 Å². The van der Waals surface area contributed by atoms with Gasteiger partial charge in [0.1, 0.15) is 23.0 Å². The normalized spacial score (nSPS) is 13.7. The van der Waals surface area contributed by atoms with Gasteiger partial charge in [0.2, 0.25) is 0 Å². The lowest BCUT2D eigenvalue weighted by Gasteiger charge is -2.36. The molecule has 1 fully saturated rings. The van der Waals surface area contributed by atoms with Crippen molar-refractivity contribution in [2.24, 2.45) is 0 Å². The first-order valence-corrected chi connectivity index (χ1v) is 14.0. The SMILES string of the molecule is CNC(=O)c1cc(Oc2ccc(NC(=O)Nc3ccc(CN4CCN(c5ccccc5)CC4)c(C(F)(F)F)c3)c(F)c2)ccn1. The topological polar surface area (TPSA) is 98.8 Å². The molecule has 0 saturated carbocycles. The van der Waals surface area contributed by atoms with Crippen LogP contribution in [0.2, 0.25) is 0 Å². The zero-order valence-corrected chi connectivity index (χ0v) is 24.2. The van der Waals surface area contributed by atoms with E-state index in [9.17, 15) is 27.2 Å². The second kappa shape index (κ2) is 13.6. The third-order valence-corrected chi connectivity index (χ3v) is 7.18. The van der Waals surface area contributed by atoms with Gasteiger partial charge in [-0.2, -0.15) is 13.2 Å². The van der Waals surface area contributed by atoms with Crippen molar-refractivity contribution in [3.63, 3.8) is 0 Å². The number of halogens is 4. The van der Waals surface area contributed by atoms with Crippen molar-refractivity contribution in [1.82, 2.24) is 15.2 Å². The molecule has 4 aromatic rings. The van der Waals surface area contributed by atoms with Crippen LogP contribution in [0.3, 0.4) is 0 Å². The van der Waals surface area contributed by atoms with E-state index < -0.39 is 29.5 Å². The Hall–Kier alpha value is -5.17. The number of piperazine rings is 1. The number of carbonyl (C=O) groups is 2. The van der Waals surface area contributed by atoms with E-state index in [1.807, 2.05) is 35.2 Å². The van der Waals surface area contributed by atoms with Gasteiger partial charge in [0.25, 0.3) is 5.91 Å². The summed E-state index contributed by atoms with van der Waals surface area (Å²) in [5.41, 5.74) is 0.113. The van der Waals surface area contributed by atoms with Gasteiger partial charge < -0.3 is 25.6 Å². The number of nitrogens with one attached hydrogen (secondary N) is 3. The van der Waals surface area contributed by atoms with Crippen LogP contribution in [0.1, 0.15) is 21.6 Å². The highest BCUT2D eigenvalue weighted by Crippen LogP contribution is 2.35. The molecule has 0 bridgehead atoms. The van der Waals surface area contributed by atoms with Crippen LogP contribution in [-0.2, 0) is 12.7 Å². The van der Waals surface area contributed by atoms with Crippen molar-refractivity contribution in [1.29, 1.82) is 0 Å². The first-order valence-electron chi connectivity index (χ1n) is 14.0. The number of pyridine rings is 1. The molecule has 3 N–H and O–H groups in total. The molecule has 45 heavy (non-hydrogen) atoms. The van der Waals surface area contributed by atoms with Crippen LogP contribution in [0.5, 0.6) is 11.5 Å². The Bertz CT molecular complexity index is 1660. The molecule has 9 nitrogen and oxygen atoms in total. The lowest BCUT2D eigenvalue weighted by molar-refractivity contribution is -0.138. The van der Waals surface area contributed by atoms with Crippen molar-refractivity contribution < 1.29 is 31.9 Å². The van der Waals surface area contributed by atoms with Gasteiger partial charge in [0, 0.05) is 69.5 Å². The number of alkyl halides is 3. The fraction of sp³-hybridized carbons (Fsp3) is 0.219. The highest BCUT2D eigenvalue weighted by molar-refractivity contribution is 6.00. The smallest absolute Gasteiger partial charge is 0.416 e. The molecular weight excluding hydrogens is 592 g/mol. The predicted octanol–water partition coefficient (Wildman–Crippen LogP) is 6.36. The molecule has 1 saturated heterocycles. The largest absolute Gasteiger partial charge is 0.457 e. The van der Waals surface area contributed by atoms with E-state index in [-0.39, 0.29) is 40.7 Å². The standard InChI is InChI=1S/C32H30F4N6O3/c1-37-30(43)29-19-25(11-12-38-29)45-24-9-10-28(27(33)18-24)40-31(44)39-22-8-7-21(26(17-22)32(34,35)36)20-41-13-15-42(16-14-41)23-5-3-2-4-6-23/h2-12,17-19H,13-16,20H2,1H3,(H,37,43)(H2,39,40,44). The minimum absolute atomic E-state index is 0.0828. The summed E-state index contributed by atoms with van der Waals surface area (Å²) in [6, 6.07) is 19.0. The number of urea groups is 1. The van der Waals surface area contributed by atoms with Gasteiger partial charge in [-0.25, -0.2) is 9.18 Å². The number of amides is 3. The van der Waals surface area contributed by atoms with Gasteiger partial charge in [-0.3, -0.25) is 14.7 Å². The third kappa shape index (κ3) is 8.06. The van der Waals surface area contributed by atoms with Gasteiger partial charge in [-0.15, -0.1) is 0 Å². The zero-order chi connectivity index (χ0) is 32.0. The van der Waals surface area contributed by atoms with Gasteiger partial charge in [0.05, 0.1) is 11.3 Å². The molecule has 3 amide bonds. The van der Waals surface area contributed by atoms with Crippen LogP contribution in [0.15, 0.2) is 85.1 Å². The number of hydrogen-bond acceptors (Lipinski definition) is 6. The van der Waals surface area contributed by atoms with Crippen LogP contribution < -0.4 is 25.6 Å². The van der Waals surface area contributed by atoms with E-state index in [0.29, 0.717) is 26.2 Å². The average Bonchev–Trinajstić information content (AvgIpc) is 3.03. The molecule has 1 aliphatic heterocycles. The Morgan fingerprint density at radius 2 is 1.62 bits per heavy atom. The number of anilines is 3. The first-order chi connectivity index (χ1) is 21.6. The molecule has 0 atom stereocenters. The van der Waals surface area contributed by atoms with Crippen LogP contribution in [0, 0.1) is 5.82 Å². The Kier molecular flexibility index (Phi) is 9.48. The van der Waals surface area contributed by atoms with Crippen molar-refractivity contribution in [2.45, 2.75) is 12.7 Å². The summed E-state index contributed by atoms with van der Waals surface area (Å²) in [6.07, 6.45) is -3.28. The summed E-state index contributed by atoms with van der Waals surface area (Å²) in [7, 11) is 1.45. The van der Waals surface area contributed by atoms with Crippen molar-refractivity contribution >= 4 is 29.0 Å². The molecule has 0 radical (unpaired) electrons. The Balaban J connectivity index is 1.20. The summed E-state index contributed by atoms with van der Waals surface area (Å²) in [5.74, 6) is -0.951. The molecule has 0 unspecified atom stereocenters. The maximum atomic E-state index is 14.8. The highest BCUT2D eigenvalue weighted by atomic mass is 19.4. The van der Waals surface area contributed by atoms with Gasteiger partial charge in [-0.1, -0.05) is 24.3 Å².